The first-order valence-electron chi connectivity index (χ1n) is 7.16. The van der Waals surface area contributed by atoms with E-state index in [1.54, 1.807) is 0 Å². The van der Waals surface area contributed by atoms with E-state index in [2.05, 4.69) is 10.2 Å². The average Bonchev–Trinajstić information content (AvgIpc) is 2.76. The molecule has 1 amide bonds. The Bertz CT molecular complexity index is 552. The van der Waals surface area contributed by atoms with Gasteiger partial charge in [-0.3, -0.25) is 9.69 Å². The average molecular weight is 327 g/mol. The molecule has 2 saturated heterocycles. The van der Waals surface area contributed by atoms with Crippen LogP contribution in [0.2, 0.25) is 5.02 Å². The number of fused-ring (bicyclic) bond motifs is 1. The molecule has 21 heavy (non-hydrogen) atoms. The van der Waals surface area contributed by atoms with Crippen molar-refractivity contribution in [3.63, 3.8) is 0 Å². The van der Waals surface area contributed by atoms with Crippen molar-refractivity contribution >= 4 is 29.3 Å². The van der Waals surface area contributed by atoms with Crippen molar-refractivity contribution < 1.29 is 9.53 Å². The number of ether oxygens (including phenoxy) is 1. The number of carbonyl (C=O) groups excluding carboxylic acids is 1. The molecule has 0 spiro atoms. The highest BCUT2D eigenvalue weighted by molar-refractivity contribution is 7.99. The van der Waals surface area contributed by atoms with Gasteiger partial charge in [0.2, 0.25) is 5.91 Å². The van der Waals surface area contributed by atoms with E-state index in [1.807, 2.05) is 43.8 Å². The topological polar surface area (TPSA) is 41.6 Å². The molecular formula is C15H19ClN2O2S. The molecule has 6 heteroatoms. The summed E-state index contributed by atoms with van der Waals surface area (Å²) in [6.45, 7) is 4.86. The van der Waals surface area contributed by atoms with Crippen molar-refractivity contribution in [3.8, 4) is 5.75 Å². The smallest absolute Gasteiger partial charge is 0.239 e. The van der Waals surface area contributed by atoms with Gasteiger partial charge in [0.15, 0.2) is 0 Å². The molecule has 3 rings (SSSR count). The number of rotatable bonds is 3. The molecule has 2 aliphatic rings. The monoisotopic (exact) mass is 326 g/mol. The van der Waals surface area contributed by atoms with Gasteiger partial charge in [-0.1, -0.05) is 17.7 Å². The zero-order valence-corrected chi connectivity index (χ0v) is 13.7. The highest BCUT2D eigenvalue weighted by Gasteiger charge is 2.42. The number of carbonyl (C=O) groups is 1. The summed E-state index contributed by atoms with van der Waals surface area (Å²) in [5.74, 6) is 2.77. The molecule has 2 unspecified atom stereocenters. The minimum Gasteiger partial charge on any atom is -0.491 e. The van der Waals surface area contributed by atoms with Crippen LogP contribution >= 0.6 is 23.4 Å². The van der Waals surface area contributed by atoms with Crippen molar-refractivity contribution in [1.29, 1.82) is 0 Å². The van der Waals surface area contributed by atoms with Gasteiger partial charge in [-0.15, -0.1) is 0 Å². The summed E-state index contributed by atoms with van der Waals surface area (Å²) in [5, 5.41) is 3.70. The van der Waals surface area contributed by atoms with E-state index in [9.17, 15) is 4.79 Å². The number of amides is 1. The van der Waals surface area contributed by atoms with Crippen LogP contribution in [-0.2, 0) is 4.79 Å². The highest BCUT2D eigenvalue weighted by atomic mass is 35.5. The minimum absolute atomic E-state index is 0.0311. The number of thioether (sulfide) groups is 1. The predicted octanol–water partition coefficient (Wildman–Crippen LogP) is 2.67. The first-order chi connectivity index (χ1) is 10.1. The van der Waals surface area contributed by atoms with E-state index in [4.69, 9.17) is 16.3 Å². The van der Waals surface area contributed by atoms with Crippen LogP contribution in [0.4, 0.5) is 0 Å². The molecule has 2 aliphatic heterocycles. The molecule has 4 nitrogen and oxygen atoms in total. The molecule has 2 atom stereocenters. The lowest BCUT2D eigenvalue weighted by molar-refractivity contribution is -0.121. The van der Waals surface area contributed by atoms with Crippen LogP contribution in [-0.4, -0.2) is 41.0 Å². The van der Waals surface area contributed by atoms with Crippen LogP contribution in [0, 0.1) is 0 Å². The molecule has 1 N–H and O–H groups in total. The van der Waals surface area contributed by atoms with Gasteiger partial charge in [0.25, 0.3) is 0 Å². The lowest BCUT2D eigenvalue weighted by Crippen LogP contribution is -2.41. The summed E-state index contributed by atoms with van der Waals surface area (Å²) in [5.41, 5.74) is 0.940. The molecule has 0 bridgehead atoms. The lowest BCUT2D eigenvalue weighted by Gasteiger charge is -2.31. The van der Waals surface area contributed by atoms with Gasteiger partial charge in [0, 0.05) is 23.6 Å². The van der Waals surface area contributed by atoms with Crippen LogP contribution in [0.1, 0.15) is 25.6 Å². The summed E-state index contributed by atoms with van der Waals surface area (Å²) < 4.78 is 5.65. The van der Waals surface area contributed by atoms with E-state index in [1.165, 1.54) is 0 Å². The normalized spacial score (nSPS) is 25.8. The fourth-order valence-electron chi connectivity index (χ4n) is 2.80. The minimum atomic E-state index is -0.121. The first-order valence-corrected chi connectivity index (χ1v) is 8.69. The third-order valence-electron chi connectivity index (χ3n) is 3.72. The van der Waals surface area contributed by atoms with Gasteiger partial charge in [-0.05, 0) is 26.0 Å². The van der Waals surface area contributed by atoms with E-state index >= 15 is 0 Å². The van der Waals surface area contributed by atoms with Gasteiger partial charge in [0.1, 0.15) is 18.0 Å². The van der Waals surface area contributed by atoms with Gasteiger partial charge in [-0.2, -0.15) is 11.8 Å². The quantitative estimate of drug-likeness (QED) is 0.927. The van der Waals surface area contributed by atoms with Crippen LogP contribution in [0.3, 0.4) is 0 Å². The Kier molecular flexibility index (Phi) is 4.33. The number of nitrogens with one attached hydrogen (secondary N) is 1. The summed E-state index contributed by atoms with van der Waals surface area (Å²) in [6, 6.07) is 5.67. The Labute approximate surface area is 134 Å². The highest BCUT2D eigenvalue weighted by Crippen LogP contribution is 2.35. The molecule has 114 valence electrons. The Morgan fingerprint density at radius 3 is 3.00 bits per heavy atom. The van der Waals surface area contributed by atoms with Gasteiger partial charge < -0.3 is 10.1 Å². The fraction of sp³-hybridized carbons (Fsp3) is 0.533. The number of hydrogen-bond donors (Lipinski definition) is 1. The molecule has 0 radical (unpaired) electrons. The zero-order chi connectivity index (χ0) is 15.0. The molecule has 1 aromatic rings. The Morgan fingerprint density at radius 1 is 1.48 bits per heavy atom. The molecule has 2 fully saturated rings. The fourth-order valence-corrected chi connectivity index (χ4v) is 4.14. The van der Waals surface area contributed by atoms with Crippen molar-refractivity contribution in [2.45, 2.75) is 32.2 Å². The van der Waals surface area contributed by atoms with E-state index < -0.39 is 0 Å². The van der Waals surface area contributed by atoms with Crippen LogP contribution < -0.4 is 10.1 Å². The van der Waals surface area contributed by atoms with Gasteiger partial charge >= 0.3 is 0 Å². The zero-order valence-electron chi connectivity index (χ0n) is 12.1. The number of nitrogens with zero attached hydrogens (tertiary/aromatic N) is 1. The van der Waals surface area contributed by atoms with Crippen molar-refractivity contribution in [2.24, 2.45) is 0 Å². The molecule has 0 aromatic heterocycles. The SMILES string of the molecule is CC(C)Oc1ccc(C2NC(=O)C3CSCCN32)c(Cl)c1. The van der Waals surface area contributed by atoms with Crippen LogP contribution in [0.25, 0.3) is 0 Å². The third kappa shape index (κ3) is 3.00. The van der Waals surface area contributed by atoms with Crippen LogP contribution in [0.15, 0.2) is 18.2 Å². The summed E-state index contributed by atoms with van der Waals surface area (Å²) >= 11 is 8.24. The molecule has 0 aliphatic carbocycles. The largest absolute Gasteiger partial charge is 0.491 e. The third-order valence-corrected chi connectivity index (χ3v) is 5.07. The molecule has 2 heterocycles. The van der Waals surface area contributed by atoms with Gasteiger partial charge in [0.05, 0.1) is 11.1 Å². The second-order valence-corrected chi connectivity index (χ2v) is 7.15. The maximum atomic E-state index is 12.1. The maximum absolute atomic E-state index is 12.1. The number of benzene rings is 1. The second-order valence-electron chi connectivity index (χ2n) is 5.59. The summed E-state index contributed by atoms with van der Waals surface area (Å²) in [6.07, 6.45) is -0.00870. The lowest BCUT2D eigenvalue weighted by atomic mass is 10.1. The number of hydrogen-bond acceptors (Lipinski definition) is 4. The van der Waals surface area contributed by atoms with Crippen molar-refractivity contribution in [1.82, 2.24) is 10.2 Å². The summed E-state index contributed by atoms with van der Waals surface area (Å²) in [4.78, 5) is 14.3. The standard InChI is InChI=1S/C15H19ClN2O2S/c1-9(2)20-10-3-4-11(12(16)7-10)14-17-15(19)13-8-21-6-5-18(13)14/h3-4,7,9,13-14H,5-6,8H2,1-2H3,(H,17,19). The van der Waals surface area contributed by atoms with Gasteiger partial charge in [-0.25, -0.2) is 0 Å². The van der Waals surface area contributed by atoms with E-state index in [0.717, 1.165) is 29.4 Å². The second kappa shape index (κ2) is 6.07. The molecule has 0 saturated carbocycles. The summed E-state index contributed by atoms with van der Waals surface area (Å²) in [7, 11) is 0. The Balaban J connectivity index is 1.85. The van der Waals surface area contributed by atoms with Crippen LogP contribution in [0.5, 0.6) is 5.75 Å². The first kappa shape index (κ1) is 15.0. The van der Waals surface area contributed by atoms with E-state index in [0.29, 0.717) is 5.02 Å². The molecular weight excluding hydrogens is 308 g/mol. The Hall–Kier alpha value is -0.910. The Morgan fingerprint density at radius 2 is 2.29 bits per heavy atom. The van der Waals surface area contributed by atoms with Crippen molar-refractivity contribution in [3.05, 3.63) is 28.8 Å². The molecule has 1 aromatic carbocycles. The van der Waals surface area contributed by atoms with E-state index in [-0.39, 0.29) is 24.2 Å². The predicted molar refractivity (Wildman–Crippen MR) is 85.9 cm³/mol. The number of halogens is 1. The maximum Gasteiger partial charge on any atom is 0.239 e. The van der Waals surface area contributed by atoms with Crippen molar-refractivity contribution in [2.75, 3.05) is 18.1 Å².